The Morgan fingerprint density at radius 3 is 2.95 bits per heavy atom. The summed E-state index contributed by atoms with van der Waals surface area (Å²) in [4.78, 5) is 25.6. The molecule has 0 radical (unpaired) electrons. The van der Waals surface area contributed by atoms with E-state index in [1.165, 1.54) is 0 Å². The largest absolute Gasteiger partial charge is 0.481 e. The Bertz CT molecular complexity index is 492. The second-order valence-electron chi connectivity index (χ2n) is 4.92. The van der Waals surface area contributed by atoms with E-state index in [-0.39, 0.29) is 18.4 Å². The van der Waals surface area contributed by atoms with E-state index in [0.29, 0.717) is 19.6 Å². The number of nitrogens with one attached hydrogen (secondary N) is 1. The maximum atomic E-state index is 12.1. The molecule has 2 amide bonds. The highest BCUT2D eigenvalue weighted by atomic mass is 79.9. The Morgan fingerprint density at radius 1 is 1.50 bits per heavy atom. The molecule has 110 valence electrons. The molecule has 1 fully saturated rings. The molecule has 0 bridgehead atoms. The van der Waals surface area contributed by atoms with Gasteiger partial charge in [-0.25, -0.2) is 4.79 Å². The molecular formula is C13H17BrN2O3S. The van der Waals surface area contributed by atoms with Crippen molar-refractivity contribution in [3.63, 3.8) is 0 Å². The maximum absolute atomic E-state index is 12.1. The molecule has 20 heavy (non-hydrogen) atoms. The molecule has 5 nitrogen and oxygen atoms in total. The van der Waals surface area contributed by atoms with Crippen LogP contribution in [-0.2, 0) is 11.3 Å². The summed E-state index contributed by atoms with van der Waals surface area (Å²) in [6.07, 6.45) is 1.89. The quantitative estimate of drug-likeness (QED) is 0.867. The second-order valence-corrected chi connectivity index (χ2v) is 7.46. The van der Waals surface area contributed by atoms with Crippen molar-refractivity contribution in [3.8, 4) is 0 Å². The van der Waals surface area contributed by atoms with E-state index >= 15 is 0 Å². The van der Waals surface area contributed by atoms with Gasteiger partial charge >= 0.3 is 12.0 Å². The van der Waals surface area contributed by atoms with Gasteiger partial charge in [0.25, 0.3) is 0 Å². The fourth-order valence-corrected chi connectivity index (χ4v) is 3.81. The van der Waals surface area contributed by atoms with Gasteiger partial charge in [0, 0.05) is 24.4 Å². The average molecular weight is 361 g/mol. The average Bonchev–Trinajstić information content (AvgIpc) is 2.81. The molecule has 1 aliphatic heterocycles. The number of urea groups is 1. The third kappa shape index (κ3) is 4.49. The van der Waals surface area contributed by atoms with E-state index in [0.717, 1.165) is 21.5 Å². The molecule has 7 heteroatoms. The van der Waals surface area contributed by atoms with E-state index in [2.05, 4.69) is 21.2 Å². The highest BCUT2D eigenvalue weighted by Gasteiger charge is 2.25. The Hall–Kier alpha value is -1.08. The van der Waals surface area contributed by atoms with Crippen LogP contribution in [0.2, 0.25) is 0 Å². The monoisotopic (exact) mass is 360 g/mol. The van der Waals surface area contributed by atoms with E-state index in [1.54, 1.807) is 16.2 Å². The topological polar surface area (TPSA) is 69.6 Å². The number of hydrogen-bond acceptors (Lipinski definition) is 3. The number of carbonyl (C=O) groups excluding carboxylic acids is 1. The molecular weight excluding hydrogens is 344 g/mol. The van der Waals surface area contributed by atoms with Gasteiger partial charge in [-0.2, -0.15) is 0 Å². The van der Waals surface area contributed by atoms with Crippen molar-refractivity contribution in [2.45, 2.75) is 25.8 Å². The van der Waals surface area contributed by atoms with Crippen LogP contribution in [0.1, 0.15) is 24.1 Å². The first kappa shape index (κ1) is 15.3. The van der Waals surface area contributed by atoms with Crippen LogP contribution in [0, 0.1) is 5.92 Å². The van der Waals surface area contributed by atoms with Crippen molar-refractivity contribution in [2.24, 2.45) is 5.92 Å². The van der Waals surface area contributed by atoms with Gasteiger partial charge in [0.2, 0.25) is 0 Å². The molecule has 1 unspecified atom stereocenters. The molecule has 0 aliphatic carbocycles. The lowest BCUT2D eigenvalue weighted by Gasteiger charge is -2.32. The molecule has 1 aromatic heterocycles. The molecule has 1 aromatic rings. The molecule has 2 heterocycles. The number of carboxylic acids is 1. The summed E-state index contributed by atoms with van der Waals surface area (Å²) < 4.78 is 1.04. The number of piperidine rings is 1. The summed E-state index contributed by atoms with van der Waals surface area (Å²) in [5, 5.41) is 11.7. The van der Waals surface area contributed by atoms with Gasteiger partial charge in [0.15, 0.2) is 0 Å². The van der Waals surface area contributed by atoms with Gasteiger partial charge in [-0.15, -0.1) is 11.3 Å². The van der Waals surface area contributed by atoms with Crippen LogP contribution >= 0.6 is 27.3 Å². The summed E-state index contributed by atoms with van der Waals surface area (Å²) in [5.41, 5.74) is 0. The number of halogens is 1. The third-order valence-corrected chi connectivity index (χ3v) is 4.94. The van der Waals surface area contributed by atoms with Crippen LogP contribution in [0.25, 0.3) is 0 Å². The predicted molar refractivity (Wildman–Crippen MR) is 80.8 cm³/mol. The highest BCUT2D eigenvalue weighted by molar-refractivity contribution is 9.11. The molecule has 0 spiro atoms. The number of thiophene rings is 1. The van der Waals surface area contributed by atoms with Crippen LogP contribution in [-0.4, -0.2) is 35.1 Å². The number of rotatable bonds is 4. The Balaban J connectivity index is 1.81. The number of carboxylic acid groups (broad SMARTS) is 1. The van der Waals surface area contributed by atoms with E-state index < -0.39 is 5.97 Å². The zero-order chi connectivity index (χ0) is 14.5. The van der Waals surface area contributed by atoms with Gasteiger partial charge in [-0.05, 0) is 46.8 Å². The minimum Gasteiger partial charge on any atom is -0.481 e. The zero-order valence-corrected chi connectivity index (χ0v) is 13.4. The normalized spacial score (nSPS) is 18.9. The lowest BCUT2D eigenvalue weighted by atomic mass is 9.95. The summed E-state index contributed by atoms with van der Waals surface area (Å²) in [6, 6.07) is 3.82. The van der Waals surface area contributed by atoms with E-state index in [4.69, 9.17) is 5.11 Å². The van der Waals surface area contributed by atoms with Crippen molar-refractivity contribution in [1.82, 2.24) is 10.2 Å². The number of aliphatic carboxylic acids is 1. The minimum absolute atomic E-state index is 0.0721. The third-order valence-electron chi connectivity index (χ3n) is 3.31. The van der Waals surface area contributed by atoms with Crippen LogP contribution in [0.5, 0.6) is 0 Å². The maximum Gasteiger partial charge on any atom is 0.317 e. The number of likely N-dealkylation sites (tertiary alicyclic amines) is 1. The first-order chi connectivity index (χ1) is 9.54. The molecule has 2 N–H and O–H groups in total. The van der Waals surface area contributed by atoms with E-state index in [1.807, 2.05) is 12.1 Å². The number of hydrogen-bond donors (Lipinski definition) is 2. The van der Waals surface area contributed by atoms with Crippen molar-refractivity contribution >= 4 is 39.3 Å². The zero-order valence-electron chi connectivity index (χ0n) is 11.0. The smallest absolute Gasteiger partial charge is 0.317 e. The lowest BCUT2D eigenvalue weighted by Crippen LogP contribution is -2.45. The Morgan fingerprint density at radius 2 is 2.30 bits per heavy atom. The predicted octanol–water partition coefficient (Wildman–Crippen LogP) is 2.91. The van der Waals surface area contributed by atoms with Crippen LogP contribution in [0.3, 0.4) is 0 Å². The number of amides is 2. The van der Waals surface area contributed by atoms with Gasteiger partial charge in [0.05, 0.1) is 10.3 Å². The first-order valence-corrected chi connectivity index (χ1v) is 8.14. The fraction of sp³-hybridized carbons (Fsp3) is 0.538. The molecule has 0 saturated carbocycles. The summed E-state index contributed by atoms with van der Waals surface area (Å²) >= 11 is 4.98. The fourth-order valence-electron chi connectivity index (χ4n) is 2.38. The van der Waals surface area contributed by atoms with Crippen LogP contribution < -0.4 is 5.32 Å². The Kier molecular flexibility index (Phi) is 5.42. The summed E-state index contributed by atoms with van der Waals surface area (Å²) in [7, 11) is 0. The summed E-state index contributed by atoms with van der Waals surface area (Å²) in [5.74, 6) is -0.719. The summed E-state index contributed by atoms with van der Waals surface area (Å²) in [6.45, 7) is 1.75. The second kappa shape index (κ2) is 7.08. The first-order valence-electron chi connectivity index (χ1n) is 6.53. The van der Waals surface area contributed by atoms with Gasteiger partial charge < -0.3 is 15.3 Å². The number of nitrogens with zero attached hydrogens (tertiary/aromatic N) is 1. The van der Waals surface area contributed by atoms with Crippen molar-refractivity contribution in [1.29, 1.82) is 0 Å². The van der Waals surface area contributed by atoms with Crippen molar-refractivity contribution in [3.05, 3.63) is 20.8 Å². The van der Waals surface area contributed by atoms with Gasteiger partial charge in [-0.1, -0.05) is 0 Å². The SMILES string of the molecule is O=C(O)CC1CCCN(C(=O)NCc2ccc(Br)s2)C1. The molecule has 1 saturated heterocycles. The van der Waals surface area contributed by atoms with E-state index in [9.17, 15) is 9.59 Å². The van der Waals surface area contributed by atoms with Gasteiger partial charge in [-0.3, -0.25) is 4.79 Å². The molecule has 1 atom stereocenters. The standard InChI is InChI=1S/C13H17BrN2O3S/c14-11-4-3-10(20-11)7-15-13(19)16-5-1-2-9(8-16)6-12(17)18/h3-4,9H,1-2,5-8H2,(H,15,19)(H,17,18). The van der Waals surface area contributed by atoms with Gasteiger partial charge in [0.1, 0.15) is 0 Å². The molecule has 0 aromatic carbocycles. The van der Waals surface area contributed by atoms with Crippen molar-refractivity contribution < 1.29 is 14.7 Å². The minimum atomic E-state index is -0.791. The van der Waals surface area contributed by atoms with Crippen LogP contribution in [0.15, 0.2) is 15.9 Å². The van der Waals surface area contributed by atoms with Crippen LogP contribution in [0.4, 0.5) is 4.79 Å². The lowest BCUT2D eigenvalue weighted by molar-refractivity contribution is -0.138. The molecule has 1 aliphatic rings. The molecule has 2 rings (SSSR count). The number of carbonyl (C=O) groups is 2. The Labute approximate surface area is 130 Å². The van der Waals surface area contributed by atoms with Crippen molar-refractivity contribution in [2.75, 3.05) is 13.1 Å². The highest BCUT2D eigenvalue weighted by Crippen LogP contribution is 2.22.